The summed E-state index contributed by atoms with van der Waals surface area (Å²) in [6, 6.07) is 1.31. The fourth-order valence-electron chi connectivity index (χ4n) is 5.07. The number of carboxylic acid groups (broad SMARTS) is 1. The van der Waals surface area contributed by atoms with Gasteiger partial charge in [0.2, 0.25) is 5.43 Å². The zero-order valence-electron chi connectivity index (χ0n) is 17.4. The zero-order chi connectivity index (χ0) is 24.5. The smallest absolute Gasteiger partial charge is 0.341 e. The predicted molar refractivity (Wildman–Crippen MR) is 118 cm³/mol. The van der Waals surface area contributed by atoms with Crippen molar-refractivity contribution in [3.05, 3.63) is 56.6 Å². The van der Waals surface area contributed by atoms with Gasteiger partial charge in [-0.15, -0.1) is 0 Å². The molecule has 1 saturated heterocycles. The van der Waals surface area contributed by atoms with Crippen molar-refractivity contribution in [3.63, 3.8) is 0 Å². The highest BCUT2D eigenvalue weighted by atomic mass is 35.5. The van der Waals surface area contributed by atoms with Crippen molar-refractivity contribution in [2.24, 2.45) is 11.8 Å². The molecule has 1 aliphatic carbocycles. The van der Waals surface area contributed by atoms with Gasteiger partial charge in [-0.3, -0.25) is 9.36 Å². The molecular weight excluding hydrogens is 477 g/mol. The molecule has 5 rings (SSSR count). The van der Waals surface area contributed by atoms with Crippen LogP contribution in [0.15, 0.2) is 23.1 Å². The first kappa shape index (κ1) is 22.5. The number of carboxylic acids is 1. The van der Waals surface area contributed by atoms with Crippen LogP contribution in [0.3, 0.4) is 0 Å². The second-order valence-corrected chi connectivity index (χ2v) is 8.98. The molecule has 3 heterocycles. The molecule has 3 aromatic rings. The van der Waals surface area contributed by atoms with Crippen LogP contribution in [0.5, 0.6) is 0 Å². The first-order valence-corrected chi connectivity index (χ1v) is 10.8. The zero-order valence-corrected chi connectivity index (χ0v) is 18.2. The summed E-state index contributed by atoms with van der Waals surface area (Å²) in [5.41, 5.74) is 3.39. The van der Waals surface area contributed by atoms with Crippen LogP contribution >= 0.6 is 11.6 Å². The van der Waals surface area contributed by atoms with Crippen LogP contribution in [0.2, 0.25) is 5.02 Å². The van der Waals surface area contributed by atoms with Crippen molar-refractivity contribution in [1.29, 1.82) is 0 Å². The number of fused-ring (bicyclic) bond motifs is 2. The number of nitrogens with two attached hydrogens (primary N) is 1. The number of nitrogens with zero attached hydrogens (tertiary/aromatic N) is 3. The third-order valence-corrected chi connectivity index (χ3v) is 7.05. The molecule has 0 radical (unpaired) electrons. The van der Waals surface area contributed by atoms with E-state index in [1.54, 1.807) is 4.90 Å². The summed E-state index contributed by atoms with van der Waals surface area (Å²) in [6.07, 6.45) is 1.71. The summed E-state index contributed by atoms with van der Waals surface area (Å²) in [5.74, 6) is -6.06. The molecule has 34 heavy (non-hydrogen) atoms. The Morgan fingerprint density at radius 1 is 1.15 bits per heavy atom. The molecule has 1 aromatic carbocycles. The van der Waals surface area contributed by atoms with Gasteiger partial charge in [-0.05, 0) is 24.8 Å². The lowest BCUT2D eigenvalue weighted by Crippen LogP contribution is -2.26. The van der Waals surface area contributed by atoms with E-state index in [-0.39, 0.29) is 28.1 Å². The Morgan fingerprint density at radius 2 is 1.88 bits per heavy atom. The SMILES string of the molecule is Nc1nc(-n2cc(C(=O)O)c(=O)c3cc(F)c(N4CC5CC[C@H](O)C5C4)c(Cl)c32)c(F)cc1F. The summed E-state index contributed by atoms with van der Waals surface area (Å²) < 4.78 is 44.6. The molecule has 8 nitrogen and oxygen atoms in total. The van der Waals surface area contributed by atoms with Gasteiger partial charge >= 0.3 is 5.97 Å². The van der Waals surface area contributed by atoms with Gasteiger partial charge in [0.1, 0.15) is 11.4 Å². The van der Waals surface area contributed by atoms with Crippen molar-refractivity contribution in [2.45, 2.75) is 18.9 Å². The van der Waals surface area contributed by atoms with E-state index in [1.807, 2.05) is 0 Å². The fraction of sp³-hybridized carbons (Fsp3) is 0.318. The van der Waals surface area contributed by atoms with Gasteiger partial charge in [0, 0.05) is 31.3 Å². The van der Waals surface area contributed by atoms with E-state index in [1.165, 1.54) is 0 Å². The van der Waals surface area contributed by atoms with Crippen molar-refractivity contribution in [2.75, 3.05) is 23.7 Å². The Kier molecular flexibility index (Phi) is 5.21. The normalized spacial score (nSPS) is 21.9. The van der Waals surface area contributed by atoms with Crippen molar-refractivity contribution >= 4 is 40.0 Å². The molecule has 0 bridgehead atoms. The summed E-state index contributed by atoms with van der Waals surface area (Å²) in [7, 11) is 0. The Balaban J connectivity index is 1.80. The summed E-state index contributed by atoms with van der Waals surface area (Å²) in [4.78, 5) is 29.8. The topological polar surface area (TPSA) is 122 Å². The molecule has 2 aromatic heterocycles. The van der Waals surface area contributed by atoms with Crippen molar-refractivity contribution in [3.8, 4) is 5.82 Å². The number of aromatic carboxylic acids is 1. The van der Waals surface area contributed by atoms with Crippen LogP contribution in [0, 0.1) is 29.3 Å². The second-order valence-electron chi connectivity index (χ2n) is 8.60. The molecule has 2 aliphatic rings. The van der Waals surface area contributed by atoms with Gasteiger partial charge in [0.25, 0.3) is 0 Å². The number of hydrogen-bond donors (Lipinski definition) is 3. The maximum absolute atomic E-state index is 15.3. The second kappa shape index (κ2) is 7.88. The van der Waals surface area contributed by atoms with Crippen LogP contribution in [0.1, 0.15) is 23.2 Å². The van der Waals surface area contributed by atoms with Crippen LogP contribution in [-0.4, -0.2) is 44.9 Å². The highest BCUT2D eigenvalue weighted by Gasteiger charge is 2.43. The number of aromatic nitrogens is 2. The van der Waals surface area contributed by atoms with Gasteiger partial charge in [0.05, 0.1) is 27.7 Å². The summed E-state index contributed by atoms with van der Waals surface area (Å²) in [6.45, 7) is 0.735. The average molecular weight is 495 g/mol. The molecule has 178 valence electrons. The van der Waals surface area contributed by atoms with E-state index in [9.17, 15) is 28.6 Å². The van der Waals surface area contributed by atoms with E-state index in [4.69, 9.17) is 17.3 Å². The van der Waals surface area contributed by atoms with Crippen molar-refractivity contribution in [1.82, 2.24) is 9.55 Å². The van der Waals surface area contributed by atoms with E-state index in [0.717, 1.165) is 23.3 Å². The minimum atomic E-state index is -1.64. The van der Waals surface area contributed by atoms with Gasteiger partial charge in [0.15, 0.2) is 23.3 Å². The van der Waals surface area contributed by atoms with Crippen LogP contribution < -0.4 is 16.1 Å². The number of benzene rings is 1. The number of halogens is 4. The molecule has 4 N–H and O–H groups in total. The molecule has 3 atom stereocenters. The molecule has 0 spiro atoms. The Morgan fingerprint density at radius 3 is 2.56 bits per heavy atom. The quantitative estimate of drug-likeness (QED) is 0.511. The Bertz CT molecular complexity index is 1430. The van der Waals surface area contributed by atoms with Gasteiger partial charge in [-0.25, -0.2) is 22.9 Å². The number of rotatable bonds is 3. The molecule has 1 saturated carbocycles. The lowest BCUT2D eigenvalue weighted by molar-refractivity contribution is 0.0695. The highest BCUT2D eigenvalue weighted by molar-refractivity contribution is 6.38. The molecular formula is C22H18ClF3N4O4. The van der Waals surface area contributed by atoms with Gasteiger partial charge in [-0.1, -0.05) is 11.6 Å². The molecule has 0 amide bonds. The first-order valence-electron chi connectivity index (χ1n) is 10.4. The minimum absolute atomic E-state index is 0.0671. The number of aliphatic hydroxyl groups excluding tert-OH is 1. The molecule has 12 heteroatoms. The fourth-order valence-corrected chi connectivity index (χ4v) is 5.48. The number of nitrogen functional groups attached to an aromatic ring is 1. The lowest BCUT2D eigenvalue weighted by atomic mass is 10.00. The third kappa shape index (κ3) is 3.30. The predicted octanol–water partition coefficient (Wildman–Crippen LogP) is 2.94. The Hall–Kier alpha value is -3.31. The van der Waals surface area contributed by atoms with Crippen molar-refractivity contribution < 1.29 is 28.2 Å². The van der Waals surface area contributed by atoms with Crippen LogP contribution in [0.4, 0.5) is 24.7 Å². The molecule has 2 unspecified atom stereocenters. The largest absolute Gasteiger partial charge is 0.477 e. The number of anilines is 2. The monoisotopic (exact) mass is 494 g/mol. The molecule has 2 fully saturated rings. The number of carbonyl (C=O) groups is 1. The van der Waals surface area contributed by atoms with Gasteiger partial charge < -0.3 is 20.8 Å². The standard InChI is InChI=1S/C22H18ClF3N4O4/c23-16-17-9(3-12(24)18(16)29-5-8-1-2-15(31)10(8)6-29)19(32)11(22(33)34)7-30(17)21-14(26)4-13(25)20(27)28-21/h3-4,7-8,10,15,31H,1-2,5-6H2,(H2,27,28)(H,33,34)/t8?,10?,15-/m0/s1. The highest BCUT2D eigenvalue weighted by Crippen LogP contribution is 2.44. The Labute approximate surface area is 195 Å². The average Bonchev–Trinajstić information content (AvgIpc) is 3.33. The summed E-state index contributed by atoms with van der Waals surface area (Å²) in [5, 5.41) is 19.0. The number of hydrogen-bond acceptors (Lipinski definition) is 6. The first-order chi connectivity index (χ1) is 16.1. The number of pyridine rings is 2. The van der Waals surface area contributed by atoms with E-state index >= 15 is 4.39 Å². The lowest BCUT2D eigenvalue weighted by Gasteiger charge is -2.24. The summed E-state index contributed by atoms with van der Waals surface area (Å²) >= 11 is 6.60. The minimum Gasteiger partial charge on any atom is -0.477 e. The maximum Gasteiger partial charge on any atom is 0.341 e. The van der Waals surface area contributed by atoms with E-state index in [2.05, 4.69) is 4.98 Å². The van der Waals surface area contributed by atoms with Crippen LogP contribution in [-0.2, 0) is 0 Å². The number of aliphatic hydroxyl groups is 1. The maximum atomic E-state index is 15.3. The molecule has 1 aliphatic heterocycles. The van der Waals surface area contributed by atoms with E-state index in [0.29, 0.717) is 25.6 Å². The van der Waals surface area contributed by atoms with E-state index < -0.39 is 57.5 Å². The third-order valence-electron chi connectivity index (χ3n) is 6.69. The van der Waals surface area contributed by atoms with Crippen LogP contribution in [0.25, 0.3) is 16.7 Å². The van der Waals surface area contributed by atoms with Gasteiger partial charge in [-0.2, -0.15) is 0 Å².